The van der Waals surface area contributed by atoms with Crippen LogP contribution in [0.3, 0.4) is 0 Å². The van der Waals surface area contributed by atoms with E-state index in [1.54, 1.807) is 6.92 Å². The normalized spacial score (nSPS) is 13.8. The van der Waals surface area contributed by atoms with Crippen LogP contribution in [0.1, 0.15) is 26.3 Å². The molecule has 0 saturated heterocycles. The maximum absolute atomic E-state index is 13.2. The molecule has 0 fully saturated rings. The SMILES string of the molecule is CCN(C(C)=O)C(C)(C(=O)O)c1cncc(F)c1. The molecule has 0 bridgehead atoms. The number of aliphatic carboxylic acids is 1. The van der Waals surface area contributed by atoms with Crippen molar-refractivity contribution in [2.24, 2.45) is 0 Å². The summed E-state index contributed by atoms with van der Waals surface area (Å²) in [5.41, 5.74) is -1.50. The number of nitrogens with zero attached hydrogens (tertiary/aromatic N) is 2. The first-order valence-corrected chi connectivity index (χ1v) is 5.46. The number of hydrogen-bond donors (Lipinski definition) is 1. The van der Waals surface area contributed by atoms with Crippen LogP contribution in [0.2, 0.25) is 0 Å². The van der Waals surface area contributed by atoms with Gasteiger partial charge in [0.1, 0.15) is 5.82 Å². The van der Waals surface area contributed by atoms with Crippen molar-refractivity contribution >= 4 is 11.9 Å². The second-order valence-corrected chi connectivity index (χ2v) is 4.03. The maximum Gasteiger partial charge on any atom is 0.334 e. The van der Waals surface area contributed by atoms with E-state index in [0.717, 1.165) is 17.2 Å². The number of carbonyl (C=O) groups is 2. The van der Waals surface area contributed by atoms with Crippen molar-refractivity contribution in [1.29, 1.82) is 0 Å². The molecule has 0 spiro atoms. The minimum atomic E-state index is -1.63. The molecule has 6 heteroatoms. The first-order valence-electron chi connectivity index (χ1n) is 5.46. The molecule has 5 nitrogen and oxygen atoms in total. The summed E-state index contributed by atoms with van der Waals surface area (Å²) in [4.78, 5) is 27.8. The average Bonchev–Trinajstić information content (AvgIpc) is 2.28. The highest BCUT2D eigenvalue weighted by atomic mass is 19.1. The van der Waals surface area contributed by atoms with Gasteiger partial charge in [-0.1, -0.05) is 0 Å². The Balaban J connectivity index is 3.40. The largest absolute Gasteiger partial charge is 0.479 e. The second kappa shape index (κ2) is 5.12. The Kier molecular flexibility index (Phi) is 4.00. The first-order chi connectivity index (χ1) is 8.33. The molecule has 0 saturated carbocycles. The van der Waals surface area contributed by atoms with Crippen molar-refractivity contribution in [2.45, 2.75) is 26.3 Å². The van der Waals surface area contributed by atoms with E-state index in [1.165, 1.54) is 20.0 Å². The van der Waals surface area contributed by atoms with E-state index in [2.05, 4.69) is 4.98 Å². The molecule has 98 valence electrons. The molecule has 1 atom stereocenters. The fraction of sp³-hybridized carbons (Fsp3) is 0.417. The summed E-state index contributed by atoms with van der Waals surface area (Å²) in [6.45, 7) is 4.50. The van der Waals surface area contributed by atoms with Gasteiger partial charge in [0.25, 0.3) is 0 Å². The molecule has 18 heavy (non-hydrogen) atoms. The van der Waals surface area contributed by atoms with E-state index in [1.807, 2.05) is 0 Å². The van der Waals surface area contributed by atoms with Crippen molar-refractivity contribution in [3.8, 4) is 0 Å². The molecule has 1 N–H and O–H groups in total. The van der Waals surface area contributed by atoms with Gasteiger partial charge >= 0.3 is 5.97 Å². The molecule has 1 rings (SSSR count). The van der Waals surface area contributed by atoms with Gasteiger partial charge in [0.05, 0.1) is 6.20 Å². The van der Waals surface area contributed by atoms with Gasteiger partial charge in [-0.25, -0.2) is 9.18 Å². The first kappa shape index (κ1) is 14.1. The Morgan fingerprint density at radius 2 is 2.11 bits per heavy atom. The van der Waals surface area contributed by atoms with Crippen LogP contribution in [-0.4, -0.2) is 33.4 Å². The number of carboxylic acids is 1. The highest BCUT2D eigenvalue weighted by Crippen LogP contribution is 2.28. The van der Waals surface area contributed by atoms with Crippen LogP contribution in [0.5, 0.6) is 0 Å². The lowest BCUT2D eigenvalue weighted by molar-refractivity contribution is -0.158. The van der Waals surface area contributed by atoms with Gasteiger partial charge in [-0.2, -0.15) is 0 Å². The number of hydrogen-bond acceptors (Lipinski definition) is 3. The monoisotopic (exact) mass is 254 g/mol. The van der Waals surface area contributed by atoms with Crippen molar-refractivity contribution in [3.63, 3.8) is 0 Å². The van der Waals surface area contributed by atoms with Crippen molar-refractivity contribution < 1.29 is 19.1 Å². The zero-order valence-corrected chi connectivity index (χ0v) is 10.5. The number of carbonyl (C=O) groups excluding carboxylic acids is 1. The molecular formula is C12H15FN2O3. The zero-order chi connectivity index (χ0) is 13.9. The van der Waals surface area contributed by atoms with E-state index in [4.69, 9.17) is 0 Å². The third-order valence-corrected chi connectivity index (χ3v) is 2.92. The number of rotatable bonds is 4. The van der Waals surface area contributed by atoms with Gasteiger partial charge < -0.3 is 10.0 Å². The van der Waals surface area contributed by atoms with Crippen LogP contribution in [0, 0.1) is 5.82 Å². The molecule has 1 aromatic rings. The lowest BCUT2D eigenvalue weighted by Gasteiger charge is -2.36. The Morgan fingerprint density at radius 1 is 1.50 bits per heavy atom. The number of likely N-dealkylation sites (N-methyl/N-ethyl adjacent to an activating group) is 1. The Morgan fingerprint density at radius 3 is 2.50 bits per heavy atom. The van der Waals surface area contributed by atoms with E-state index in [0.29, 0.717) is 0 Å². The molecule has 1 aromatic heterocycles. The van der Waals surface area contributed by atoms with Gasteiger partial charge in [-0.3, -0.25) is 9.78 Å². The van der Waals surface area contributed by atoms with Crippen LogP contribution >= 0.6 is 0 Å². The summed E-state index contributed by atoms with van der Waals surface area (Å²) in [6.07, 6.45) is 2.23. The van der Waals surface area contributed by atoms with Crippen LogP contribution in [0.4, 0.5) is 4.39 Å². The number of carboxylic acid groups (broad SMARTS) is 1. The number of amides is 1. The summed E-state index contributed by atoms with van der Waals surface area (Å²) in [7, 11) is 0. The molecule has 1 heterocycles. The number of pyridine rings is 1. The molecule has 1 unspecified atom stereocenters. The lowest BCUT2D eigenvalue weighted by Crippen LogP contribution is -2.52. The Bertz CT molecular complexity index is 478. The molecule has 1 amide bonds. The Labute approximate surface area is 104 Å². The van der Waals surface area contributed by atoms with Gasteiger partial charge in [-0.05, 0) is 19.9 Å². The predicted molar refractivity (Wildman–Crippen MR) is 62.2 cm³/mol. The Hall–Kier alpha value is -1.98. The summed E-state index contributed by atoms with van der Waals surface area (Å²) in [5, 5.41) is 9.38. The molecule has 0 aliphatic carbocycles. The minimum absolute atomic E-state index is 0.132. The van der Waals surface area contributed by atoms with Crippen LogP contribution < -0.4 is 0 Å². The molecule has 0 aliphatic rings. The summed E-state index contributed by atoms with van der Waals surface area (Å²) in [6, 6.07) is 1.08. The average molecular weight is 254 g/mol. The zero-order valence-electron chi connectivity index (χ0n) is 10.5. The van der Waals surface area contributed by atoms with Crippen LogP contribution in [-0.2, 0) is 15.1 Å². The van der Waals surface area contributed by atoms with E-state index in [9.17, 15) is 19.1 Å². The summed E-state index contributed by atoms with van der Waals surface area (Å²) >= 11 is 0. The smallest absolute Gasteiger partial charge is 0.334 e. The van der Waals surface area contributed by atoms with Gasteiger partial charge in [0, 0.05) is 25.2 Å². The number of aromatic nitrogens is 1. The van der Waals surface area contributed by atoms with Crippen molar-refractivity contribution in [2.75, 3.05) is 6.54 Å². The van der Waals surface area contributed by atoms with Gasteiger partial charge in [-0.15, -0.1) is 0 Å². The third kappa shape index (κ3) is 2.32. The summed E-state index contributed by atoms with van der Waals surface area (Å²) < 4.78 is 13.2. The van der Waals surface area contributed by atoms with Crippen LogP contribution in [0.15, 0.2) is 18.5 Å². The highest BCUT2D eigenvalue weighted by molar-refractivity contribution is 5.86. The number of halogens is 1. The fourth-order valence-electron chi connectivity index (χ4n) is 1.93. The molecule has 0 radical (unpaired) electrons. The van der Waals surface area contributed by atoms with E-state index < -0.39 is 23.2 Å². The van der Waals surface area contributed by atoms with E-state index >= 15 is 0 Å². The van der Waals surface area contributed by atoms with Crippen molar-refractivity contribution in [3.05, 3.63) is 29.8 Å². The predicted octanol–water partition coefficient (Wildman–Crippen LogP) is 1.39. The highest BCUT2D eigenvalue weighted by Gasteiger charge is 2.42. The fourth-order valence-corrected chi connectivity index (χ4v) is 1.93. The van der Waals surface area contributed by atoms with Crippen molar-refractivity contribution in [1.82, 2.24) is 9.88 Å². The van der Waals surface area contributed by atoms with Gasteiger partial charge in [0.2, 0.25) is 5.91 Å². The lowest BCUT2D eigenvalue weighted by atomic mass is 9.91. The molecular weight excluding hydrogens is 239 g/mol. The molecule has 0 aliphatic heterocycles. The topological polar surface area (TPSA) is 70.5 Å². The third-order valence-electron chi connectivity index (χ3n) is 2.92. The minimum Gasteiger partial charge on any atom is -0.479 e. The second-order valence-electron chi connectivity index (χ2n) is 4.03. The standard InChI is InChI=1S/C12H15FN2O3/c1-4-15(8(2)16)12(3,11(17)18)9-5-10(13)7-14-6-9/h5-7H,4H2,1-3H3,(H,17,18). The van der Waals surface area contributed by atoms with Gasteiger partial charge in [0.15, 0.2) is 5.54 Å². The van der Waals surface area contributed by atoms with E-state index in [-0.39, 0.29) is 12.1 Å². The quantitative estimate of drug-likeness (QED) is 0.881. The maximum atomic E-state index is 13.2. The molecule has 0 aromatic carbocycles. The summed E-state index contributed by atoms with van der Waals surface area (Å²) in [5.74, 6) is -2.27. The van der Waals surface area contributed by atoms with Crippen LogP contribution in [0.25, 0.3) is 0 Å².